The summed E-state index contributed by atoms with van der Waals surface area (Å²) >= 11 is 6.41. The molecule has 31 heavy (non-hydrogen) atoms. The molecular weight excluding hydrogens is 437 g/mol. The molecule has 1 fully saturated rings. The third kappa shape index (κ3) is 6.34. The second-order valence-electron chi connectivity index (χ2n) is 6.38. The number of nitrogens with one attached hydrogen (secondary N) is 2. The average molecular weight is 456 g/mol. The van der Waals surface area contributed by atoms with Gasteiger partial charge in [0.05, 0.1) is 4.91 Å². The molecule has 1 heterocycles. The molecule has 1 aliphatic rings. The Balaban J connectivity index is 1.47. The van der Waals surface area contributed by atoms with Gasteiger partial charge in [-0.2, -0.15) is 0 Å². The zero-order chi connectivity index (χ0) is 22.2. The lowest BCUT2D eigenvalue weighted by molar-refractivity contribution is -0.124. The van der Waals surface area contributed by atoms with Crippen LogP contribution < -0.4 is 10.9 Å². The molecule has 0 radical (unpaired) electrons. The number of allylic oxidation sites excluding steroid dienone is 2. The molecule has 0 atom stereocenters. The third-order valence-corrected chi connectivity index (χ3v) is 5.59. The van der Waals surface area contributed by atoms with E-state index < -0.39 is 17.6 Å². The molecule has 1 aliphatic heterocycles. The van der Waals surface area contributed by atoms with Crippen LogP contribution in [0.2, 0.25) is 0 Å². The van der Waals surface area contributed by atoms with E-state index in [1.165, 1.54) is 28.8 Å². The van der Waals surface area contributed by atoms with Crippen molar-refractivity contribution < 1.29 is 18.8 Å². The van der Waals surface area contributed by atoms with Crippen molar-refractivity contribution in [3.05, 3.63) is 88.6 Å². The van der Waals surface area contributed by atoms with Gasteiger partial charge < -0.3 is 0 Å². The SMILES string of the molecule is O=C(CCN1C(=O)/C(=C/C=C/c2ccccc2)SC1=S)NNC(=O)c1ccc(F)cc1. The smallest absolute Gasteiger partial charge is 0.269 e. The number of halogens is 1. The number of amides is 3. The Labute approximate surface area is 188 Å². The third-order valence-electron chi connectivity index (χ3n) is 4.19. The van der Waals surface area contributed by atoms with Gasteiger partial charge in [-0.1, -0.05) is 66.5 Å². The van der Waals surface area contributed by atoms with Gasteiger partial charge in [0, 0.05) is 18.5 Å². The van der Waals surface area contributed by atoms with Gasteiger partial charge in [0.25, 0.3) is 11.8 Å². The van der Waals surface area contributed by atoms with Crippen LogP contribution in [0.1, 0.15) is 22.3 Å². The highest BCUT2D eigenvalue weighted by molar-refractivity contribution is 8.26. The summed E-state index contributed by atoms with van der Waals surface area (Å²) in [6, 6.07) is 14.6. The highest BCUT2D eigenvalue weighted by Crippen LogP contribution is 2.31. The van der Waals surface area contributed by atoms with E-state index >= 15 is 0 Å². The number of thiocarbonyl (C=S) groups is 1. The second kappa shape index (κ2) is 10.6. The first-order valence-electron chi connectivity index (χ1n) is 9.26. The van der Waals surface area contributed by atoms with E-state index in [0.717, 1.165) is 17.7 Å². The Morgan fingerprint density at radius 3 is 2.48 bits per heavy atom. The maximum Gasteiger partial charge on any atom is 0.269 e. The number of benzene rings is 2. The number of rotatable bonds is 6. The van der Waals surface area contributed by atoms with Gasteiger partial charge in [-0.3, -0.25) is 30.1 Å². The normalized spacial score (nSPS) is 15.0. The molecule has 3 rings (SSSR count). The minimum absolute atomic E-state index is 0.0523. The summed E-state index contributed by atoms with van der Waals surface area (Å²) in [4.78, 5) is 38.3. The molecule has 158 valence electrons. The van der Waals surface area contributed by atoms with Crippen molar-refractivity contribution >= 4 is 52.1 Å². The standard InChI is InChI=1S/C22H18FN3O3S2/c23-17-11-9-16(10-12-17)20(28)25-24-19(27)13-14-26-21(29)18(31-22(26)30)8-4-7-15-5-2-1-3-6-15/h1-12H,13-14H2,(H,24,27)(H,25,28)/b7-4+,18-8-. The quantitative estimate of drug-likeness (QED) is 0.396. The van der Waals surface area contributed by atoms with Crippen molar-refractivity contribution in [3.63, 3.8) is 0 Å². The summed E-state index contributed by atoms with van der Waals surface area (Å²) < 4.78 is 13.3. The lowest BCUT2D eigenvalue weighted by atomic mass is 10.2. The number of nitrogens with zero attached hydrogens (tertiary/aromatic N) is 1. The number of hydrogen-bond acceptors (Lipinski definition) is 5. The molecule has 9 heteroatoms. The molecule has 0 saturated carbocycles. The van der Waals surface area contributed by atoms with Crippen LogP contribution in [0, 0.1) is 5.82 Å². The highest BCUT2D eigenvalue weighted by atomic mass is 32.2. The molecule has 0 unspecified atom stereocenters. The van der Waals surface area contributed by atoms with E-state index in [-0.39, 0.29) is 24.4 Å². The summed E-state index contributed by atoms with van der Waals surface area (Å²) in [5, 5.41) is 0. The molecule has 0 aromatic heterocycles. The fourth-order valence-corrected chi connectivity index (χ4v) is 3.85. The maximum atomic E-state index is 12.9. The minimum atomic E-state index is -0.577. The summed E-state index contributed by atoms with van der Waals surface area (Å²) in [6.07, 6.45) is 5.29. The maximum absolute atomic E-state index is 12.9. The molecule has 0 bridgehead atoms. The zero-order valence-electron chi connectivity index (χ0n) is 16.2. The van der Waals surface area contributed by atoms with Crippen LogP contribution in [0.4, 0.5) is 4.39 Å². The van der Waals surface area contributed by atoms with E-state index in [2.05, 4.69) is 10.9 Å². The van der Waals surface area contributed by atoms with Gasteiger partial charge in [-0.05, 0) is 35.9 Å². The number of carbonyl (C=O) groups excluding carboxylic acids is 3. The van der Waals surface area contributed by atoms with Crippen molar-refractivity contribution in [1.29, 1.82) is 0 Å². The van der Waals surface area contributed by atoms with Crippen LogP contribution in [0.25, 0.3) is 6.08 Å². The van der Waals surface area contributed by atoms with Gasteiger partial charge in [-0.15, -0.1) is 0 Å². The van der Waals surface area contributed by atoms with Crippen molar-refractivity contribution in [2.45, 2.75) is 6.42 Å². The lowest BCUT2D eigenvalue weighted by Gasteiger charge is -2.14. The minimum Gasteiger partial charge on any atom is -0.292 e. The van der Waals surface area contributed by atoms with E-state index in [1.54, 1.807) is 12.2 Å². The molecule has 6 nitrogen and oxygen atoms in total. The van der Waals surface area contributed by atoms with E-state index in [0.29, 0.717) is 9.23 Å². The summed E-state index contributed by atoms with van der Waals surface area (Å²) in [7, 11) is 0. The molecule has 2 aromatic rings. The van der Waals surface area contributed by atoms with Gasteiger partial charge >= 0.3 is 0 Å². The largest absolute Gasteiger partial charge is 0.292 e. The van der Waals surface area contributed by atoms with Crippen molar-refractivity contribution in [2.75, 3.05) is 6.54 Å². The number of hydrogen-bond donors (Lipinski definition) is 2. The van der Waals surface area contributed by atoms with Crippen molar-refractivity contribution in [2.24, 2.45) is 0 Å². The van der Waals surface area contributed by atoms with Crippen LogP contribution in [0.15, 0.2) is 71.7 Å². The molecule has 1 saturated heterocycles. The first-order chi connectivity index (χ1) is 14.9. The first kappa shape index (κ1) is 22.4. The van der Waals surface area contributed by atoms with Crippen molar-refractivity contribution in [3.8, 4) is 0 Å². The van der Waals surface area contributed by atoms with Crippen LogP contribution in [-0.2, 0) is 9.59 Å². The topological polar surface area (TPSA) is 78.5 Å². The van der Waals surface area contributed by atoms with E-state index in [1.807, 2.05) is 36.4 Å². The monoisotopic (exact) mass is 455 g/mol. The van der Waals surface area contributed by atoms with Gasteiger partial charge in [0.1, 0.15) is 10.1 Å². The van der Waals surface area contributed by atoms with Gasteiger partial charge in [0.15, 0.2) is 0 Å². The summed E-state index contributed by atoms with van der Waals surface area (Å²) in [5.74, 6) is -1.80. The van der Waals surface area contributed by atoms with Gasteiger partial charge in [-0.25, -0.2) is 4.39 Å². The first-order valence-corrected chi connectivity index (χ1v) is 10.5. The number of thioether (sulfide) groups is 1. The fraction of sp³-hybridized carbons (Fsp3) is 0.0909. The highest BCUT2D eigenvalue weighted by Gasteiger charge is 2.31. The molecule has 0 spiro atoms. The van der Waals surface area contributed by atoms with Crippen LogP contribution in [0.5, 0.6) is 0 Å². The lowest BCUT2D eigenvalue weighted by Crippen LogP contribution is -2.43. The average Bonchev–Trinajstić information content (AvgIpc) is 3.04. The Bertz CT molecular complexity index is 1050. The zero-order valence-corrected chi connectivity index (χ0v) is 17.8. The van der Waals surface area contributed by atoms with E-state index in [9.17, 15) is 18.8 Å². The van der Waals surface area contributed by atoms with Crippen LogP contribution >= 0.6 is 24.0 Å². The number of carbonyl (C=O) groups is 3. The molecule has 2 N–H and O–H groups in total. The van der Waals surface area contributed by atoms with E-state index in [4.69, 9.17) is 12.2 Å². The van der Waals surface area contributed by atoms with Crippen LogP contribution in [-0.4, -0.2) is 33.5 Å². The van der Waals surface area contributed by atoms with Crippen LogP contribution in [0.3, 0.4) is 0 Å². The summed E-state index contributed by atoms with van der Waals surface area (Å²) in [6.45, 7) is 0.0860. The van der Waals surface area contributed by atoms with Gasteiger partial charge in [0.2, 0.25) is 5.91 Å². The summed E-state index contributed by atoms with van der Waals surface area (Å²) in [5.41, 5.74) is 5.72. The Morgan fingerprint density at radius 1 is 1.06 bits per heavy atom. The Morgan fingerprint density at radius 2 is 1.77 bits per heavy atom. The Hall–Kier alpha value is -3.30. The fourth-order valence-electron chi connectivity index (χ4n) is 2.59. The molecule has 0 aliphatic carbocycles. The molecule has 2 aromatic carbocycles. The van der Waals surface area contributed by atoms with Crippen molar-refractivity contribution in [1.82, 2.24) is 15.8 Å². The molecule has 3 amide bonds. The molecular formula is C22H18FN3O3S2. The predicted octanol–water partition coefficient (Wildman–Crippen LogP) is 3.43. The second-order valence-corrected chi connectivity index (χ2v) is 8.06. The number of hydrazine groups is 1. The predicted molar refractivity (Wildman–Crippen MR) is 122 cm³/mol. The Kier molecular flexibility index (Phi) is 7.69.